The van der Waals surface area contributed by atoms with Crippen LogP contribution in [-0.2, 0) is 0 Å². The highest BCUT2D eigenvalue weighted by atomic mass is 19.1. The second kappa shape index (κ2) is 9.70. The molecule has 3 heterocycles. The first-order valence-electron chi connectivity index (χ1n) is 14.8. The van der Waals surface area contributed by atoms with Crippen LogP contribution in [0.25, 0.3) is 16.7 Å². The number of aromatic nitrogens is 2. The van der Waals surface area contributed by atoms with E-state index in [4.69, 9.17) is 4.98 Å². The second-order valence-corrected chi connectivity index (χ2v) is 13.3. The molecule has 4 saturated carbocycles. The van der Waals surface area contributed by atoms with Gasteiger partial charge in [-0.15, -0.1) is 0 Å². The van der Waals surface area contributed by atoms with Crippen LogP contribution in [-0.4, -0.2) is 50.8 Å². The lowest BCUT2D eigenvalue weighted by Crippen LogP contribution is -2.47. The van der Waals surface area contributed by atoms with Crippen LogP contribution in [0.5, 0.6) is 0 Å². The van der Waals surface area contributed by atoms with Crippen molar-refractivity contribution >= 4 is 22.6 Å². The number of pyridine rings is 2. The zero-order valence-corrected chi connectivity index (χ0v) is 23.0. The van der Waals surface area contributed by atoms with Crippen molar-refractivity contribution in [3.8, 4) is 5.69 Å². The summed E-state index contributed by atoms with van der Waals surface area (Å²) >= 11 is 0. The molecule has 1 aromatic carbocycles. The predicted octanol–water partition coefficient (Wildman–Crippen LogP) is 4.78. The van der Waals surface area contributed by atoms with Crippen molar-refractivity contribution in [2.45, 2.75) is 63.4 Å². The van der Waals surface area contributed by atoms with E-state index in [0.717, 1.165) is 31.4 Å². The van der Waals surface area contributed by atoms with Gasteiger partial charge in [-0.3, -0.25) is 14.2 Å². The SMILES string of the molecule is O=C(CC12CC3CC(CC(C3)C1)C2)c1cn(-c2ccc(F)cc2F)c2nc(N3CCC(O)(CO)CC3)ccc2c1=O. The Labute approximate surface area is 236 Å². The average molecular weight is 564 g/mol. The van der Waals surface area contributed by atoms with Crippen molar-refractivity contribution < 1.29 is 23.8 Å². The molecule has 216 valence electrons. The van der Waals surface area contributed by atoms with Gasteiger partial charge in [0.1, 0.15) is 17.5 Å². The number of nitrogens with zero attached hydrogens (tertiary/aromatic N) is 3. The molecule has 41 heavy (non-hydrogen) atoms. The lowest BCUT2D eigenvalue weighted by molar-refractivity contribution is -0.0524. The molecule has 3 aromatic rings. The first-order chi connectivity index (χ1) is 19.6. The van der Waals surface area contributed by atoms with Crippen LogP contribution < -0.4 is 10.3 Å². The molecule has 0 unspecified atom stereocenters. The molecule has 1 aliphatic heterocycles. The third kappa shape index (κ3) is 4.67. The Morgan fingerprint density at radius 2 is 1.66 bits per heavy atom. The van der Waals surface area contributed by atoms with E-state index in [1.54, 1.807) is 12.1 Å². The number of Topliss-reactive ketones (excluding diaryl/α,β-unsaturated/α-hetero) is 1. The Hall–Kier alpha value is -3.17. The maximum atomic E-state index is 15.2. The normalized spacial score (nSPS) is 28.4. The summed E-state index contributed by atoms with van der Waals surface area (Å²) in [4.78, 5) is 34.3. The molecule has 2 N–H and O–H groups in total. The highest BCUT2D eigenvalue weighted by Crippen LogP contribution is 2.61. The number of aliphatic hydroxyl groups excluding tert-OH is 1. The highest BCUT2D eigenvalue weighted by molar-refractivity contribution is 5.99. The molecular formula is C32H35F2N3O4. The fraction of sp³-hybridized carbons (Fsp3) is 0.531. The van der Waals surface area contributed by atoms with Crippen molar-refractivity contribution in [2.24, 2.45) is 23.2 Å². The molecule has 9 heteroatoms. The number of anilines is 1. The topological polar surface area (TPSA) is 95.7 Å². The van der Waals surface area contributed by atoms with Gasteiger partial charge in [-0.25, -0.2) is 13.8 Å². The molecule has 4 bridgehead atoms. The van der Waals surface area contributed by atoms with E-state index >= 15 is 4.39 Å². The van der Waals surface area contributed by atoms with Gasteiger partial charge in [0.15, 0.2) is 11.4 Å². The lowest BCUT2D eigenvalue weighted by Gasteiger charge is -2.56. The van der Waals surface area contributed by atoms with Crippen molar-refractivity contribution in [1.29, 1.82) is 0 Å². The minimum atomic E-state index is -1.14. The van der Waals surface area contributed by atoms with E-state index in [2.05, 4.69) is 0 Å². The van der Waals surface area contributed by atoms with Crippen molar-refractivity contribution in [3.05, 3.63) is 63.9 Å². The Kier molecular flexibility index (Phi) is 6.32. The number of piperidine rings is 1. The van der Waals surface area contributed by atoms with E-state index in [-0.39, 0.29) is 40.1 Å². The summed E-state index contributed by atoms with van der Waals surface area (Å²) in [5.41, 5.74) is -1.45. The standard InChI is InChI=1S/C32H35F2N3O4/c33-22-1-3-26(25(34)12-22)37-17-24(27(39)16-31-13-19-9-20(14-31)11-21(10-19)15-31)29(40)23-2-4-28(35-30(23)37)36-7-5-32(41,18-38)6-8-36/h1-4,12,17,19-21,38,41H,5-11,13-16,18H2. The van der Waals surface area contributed by atoms with Crippen LogP contribution in [0.4, 0.5) is 14.6 Å². The third-order valence-corrected chi connectivity index (χ3v) is 10.3. The number of hydrogen-bond donors (Lipinski definition) is 2. The molecule has 0 atom stereocenters. The largest absolute Gasteiger partial charge is 0.393 e. The maximum absolute atomic E-state index is 15.2. The van der Waals surface area contributed by atoms with E-state index in [0.29, 0.717) is 55.9 Å². The monoisotopic (exact) mass is 563 g/mol. The smallest absolute Gasteiger partial charge is 0.201 e. The van der Waals surface area contributed by atoms with Crippen LogP contribution in [0.1, 0.15) is 68.1 Å². The summed E-state index contributed by atoms with van der Waals surface area (Å²) in [6.45, 7) is 0.550. The maximum Gasteiger partial charge on any atom is 0.201 e. The van der Waals surface area contributed by atoms with Gasteiger partial charge in [0.25, 0.3) is 0 Å². The van der Waals surface area contributed by atoms with Gasteiger partial charge in [-0.2, -0.15) is 0 Å². The van der Waals surface area contributed by atoms with Gasteiger partial charge in [0.05, 0.1) is 28.8 Å². The van der Waals surface area contributed by atoms with Gasteiger partial charge in [0, 0.05) is 31.8 Å². The minimum absolute atomic E-state index is 0.00166. The second-order valence-electron chi connectivity index (χ2n) is 13.3. The van der Waals surface area contributed by atoms with Crippen LogP contribution in [0.2, 0.25) is 0 Å². The fourth-order valence-corrected chi connectivity index (χ4v) is 8.68. The Morgan fingerprint density at radius 1 is 1.00 bits per heavy atom. The number of hydrogen-bond acceptors (Lipinski definition) is 6. The molecular weight excluding hydrogens is 528 g/mol. The third-order valence-electron chi connectivity index (χ3n) is 10.3. The molecule has 0 spiro atoms. The molecule has 4 aliphatic carbocycles. The molecule has 0 radical (unpaired) electrons. The van der Waals surface area contributed by atoms with E-state index in [9.17, 15) is 24.2 Å². The number of rotatable bonds is 6. The highest BCUT2D eigenvalue weighted by Gasteiger charge is 2.51. The van der Waals surface area contributed by atoms with Crippen molar-refractivity contribution in [3.63, 3.8) is 0 Å². The Morgan fingerprint density at radius 3 is 2.27 bits per heavy atom. The number of fused-ring (bicyclic) bond motifs is 1. The summed E-state index contributed by atoms with van der Waals surface area (Å²) < 4.78 is 30.4. The first-order valence-corrected chi connectivity index (χ1v) is 14.8. The van der Waals surface area contributed by atoms with Crippen LogP contribution in [0.3, 0.4) is 0 Å². The van der Waals surface area contributed by atoms with E-state index in [1.807, 2.05) is 4.90 Å². The number of benzene rings is 1. The van der Waals surface area contributed by atoms with Gasteiger partial charge in [0.2, 0.25) is 5.43 Å². The molecule has 5 aliphatic rings. The molecule has 1 saturated heterocycles. The first kappa shape index (κ1) is 26.7. The number of aliphatic hydroxyl groups is 2. The zero-order valence-electron chi connectivity index (χ0n) is 23.0. The van der Waals surface area contributed by atoms with Crippen LogP contribution >= 0.6 is 0 Å². The number of carbonyl (C=O) groups excluding carboxylic acids is 1. The lowest BCUT2D eigenvalue weighted by atomic mass is 9.48. The van der Waals surface area contributed by atoms with Gasteiger partial charge < -0.3 is 15.1 Å². The molecule has 5 fully saturated rings. The average Bonchev–Trinajstić information content (AvgIpc) is 2.93. The molecule has 0 amide bonds. The number of carbonyl (C=O) groups is 1. The number of halogens is 2. The fourth-order valence-electron chi connectivity index (χ4n) is 8.68. The predicted molar refractivity (Wildman–Crippen MR) is 150 cm³/mol. The summed E-state index contributed by atoms with van der Waals surface area (Å²) in [6, 6.07) is 6.53. The quantitative estimate of drug-likeness (QED) is 0.420. The summed E-state index contributed by atoms with van der Waals surface area (Å²) in [7, 11) is 0. The van der Waals surface area contributed by atoms with Crippen LogP contribution in [0, 0.1) is 34.8 Å². The van der Waals surface area contributed by atoms with Gasteiger partial charge >= 0.3 is 0 Å². The van der Waals surface area contributed by atoms with Crippen LogP contribution in [0.15, 0.2) is 41.3 Å². The van der Waals surface area contributed by atoms with Gasteiger partial charge in [-0.05, 0) is 98.8 Å². The molecule has 2 aromatic heterocycles. The summed E-state index contributed by atoms with van der Waals surface area (Å²) in [6.07, 6.45) is 9.26. The summed E-state index contributed by atoms with van der Waals surface area (Å²) in [5.74, 6) is 0.754. The minimum Gasteiger partial charge on any atom is -0.393 e. The Balaban J connectivity index is 1.30. The van der Waals surface area contributed by atoms with E-state index < -0.39 is 22.7 Å². The van der Waals surface area contributed by atoms with Crippen molar-refractivity contribution in [2.75, 3.05) is 24.6 Å². The Bertz CT molecular complexity index is 1560. The zero-order chi connectivity index (χ0) is 28.5. The molecule has 8 rings (SSSR count). The molecule has 7 nitrogen and oxygen atoms in total. The van der Waals surface area contributed by atoms with Crippen molar-refractivity contribution in [1.82, 2.24) is 9.55 Å². The summed E-state index contributed by atoms with van der Waals surface area (Å²) in [5, 5.41) is 20.1. The van der Waals surface area contributed by atoms with E-state index in [1.165, 1.54) is 36.1 Å². The van der Waals surface area contributed by atoms with Gasteiger partial charge in [-0.1, -0.05) is 0 Å². The number of ketones is 1.